The first-order valence-corrected chi connectivity index (χ1v) is 5.99. The summed E-state index contributed by atoms with van der Waals surface area (Å²) < 4.78 is 0. The third kappa shape index (κ3) is 1.48. The molecule has 2 aliphatic heterocycles. The Morgan fingerprint density at radius 3 is 3.19 bits per heavy atom. The first-order valence-electron chi connectivity index (χ1n) is 5.11. The number of carbonyl (C=O) groups excluding carboxylic acids is 1. The molecule has 1 fully saturated rings. The van der Waals surface area contributed by atoms with Crippen LogP contribution in [0, 0.1) is 0 Å². The van der Waals surface area contributed by atoms with Crippen molar-refractivity contribution >= 4 is 29.2 Å². The van der Waals surface area contributed by atoms with Gasteiger partial charge in [0, 0.05) is 18.4 Å². The van der Waals surface area contributed by atoms with Gasteiger partial charge in [-0.3, -0.25) is 15.2 Å². The van der Waals surface area contributed by atoms with Gasteiger partial charge in [0.2, 0.25) is 5.91 Å². The number of aliphatic imine (C=N–C) groups is 1. The van der Waals surface area contributed by atoms with Crippen LogP contribution in [0.5, 0.6) is 0 Å². The molecule has 1 atom stereocenters. The molecule has 0 unspecified atom stereocenters. The first kappa shape index (κ1) is 9.72. The van der Waals surface area contributed by atoms with Crippen molar-refractivity contribution in [1.82, 2.24) is 10.4 Å². The number of hydrogen-bond acceptors (Lipinski definition) is 4. The van der Waals surface area contributed by atoms with Crippen LogP contribution in [0.3, 0.4) is 0 Å². The van der Waals surface area contributed by atoms with Crippen molar-refractivity contribution in [2.45, 2.75) is 16.6 Å². The van der Waals surface area contributed by atoms with E-state index in [0.717, 1.165) is 16.4 Å². The van der Waals surface area contributed by atoms with E-state index in [1.54, 1.807) is 16.8 Å². The number of amides is 1. The maximum absolute atomic E-state index is 11.4. The molecule has 0 bridgehead atoms. The number of benzene rings is 1. The van der Waals surface area contributed by atoms with Crippen LogP contribution in [0.1, 0.15) is 6.42 Å². The summed E-state index contributed by atoms with van der Waals surface area (Å²) in [7, 11) is 1.83. The molecule has 2 heterocycles. The number of nitrogens with one attached hydrogen (secondary N) is 1. The third-order valence-corrected chi connectivity index (χ3v) is 3.93. The lowest BCUT2D eigenvalue weighted by molar-refractivity contribution is -0.124. The van der Waals surface area contributed by atoms with Crippen LogP contribution in [0.2, 0.25) is 0 Å². The van der Waals surface area contributed by atoms with Gasteiger partial charge in [-0.1, -0.05) is 12.1 Å². The third-order valence-electron chi connectivity index (χ3n) is 2.66. The van der Waals surface area contributed by atoms with E-state index in [1.807, 2.05) is 31.3 Å². The number of rotatable bonds is 0. The minimum Gasteiger partial charge on any atom is -0.274 e. The van der Waals surface area contributed by atoms with Crippen molar-refractivity contribution in [1.29, 1.82) is 0 Å². The fourth-order valence-electron chi connectivity index (χ4n) is 1.93. The smallest absolute Gasteiger partial charge is 0.240 e. The monoisotopic (exact) mass is 233 g/mol. The predicted molar refractivity (Wildman–Crippen MR) is 63.7 cm³/mol. The summed E-state index contributed by atoms with van der Waals surface area (Å²) in [5.74, 6) is 0.988. The Hall–Kier alpha value is -1.49. The van der Waals surface area contributed by atoms with Gasteiger partial charge in [0.25, 0.3) is 0 Å². The molecular weight excluding hydrogens is 222 g/mol. The minimum atomic E-state index is 0.0540. The fraction of sp³-hybridized carbons (Fsp3) is 0.273. The first-order chi connectivity index (χ1) is 7.74. The lowest BCUT2D eigenvalue weighted by Gasteiger charge is -2.35. The largest absolute Gasteiger partial charge is 0.274 e. The van der Waals surface area contributed by atoms with Gasteiger partial charge >= 0.3 is 0 Å². The Morgan fingerprint density at radius 1 is 1.50 bits per heavy atom. The average molecular weight is 233 g/mol. The topological polar surface area (TPSA) is 44.7 Å². The molecule has 1 saturated heterocycles. The second-order valence-electron chi connectivity index (χ2n) is 3.84. The standard InChI is InChI=1S/C11H11N3OS/c1-14-11-9(6-10(15)13-14)16-8-5-3-2-4-7(8)12-11/h2-5,9H,6H2,1H3,(H,13,15)/t9-/m1/s1. The molecule has 0 radical (unpaired) electrons. The number of thioether (sulfide) groups is 1. The van der Waals surface area contributed by atoms with Gasteiger partial charge in [0.1, 0.15) is 5.84 Å². The van der Waals surface area contributed by atoms with E-state index < -0.39 is 0 Å². The molecule has 1 amide bonds. The quantitative estimate of drug-likeness (QED) is 0.739. The molecule has 82 valence electrons. The van der Waals surface area contributed by atoms with E-state index in [1.165, 1.54) is 0 Å². The number of hydrogen-bond donors (Lipinski definition) is 1. The highest BCUT2D eigenvalue weighted by molar-refractivity contribution is 8.01. The molecule has 0 aliphatic carbocycles. The molecular formula is C11H11N3OS. The lowest BCUT2D eigenvalue weighted by Crippen LogP contribution is -2.53. The van der Waals surface area contributed by atoms with Crippen molar-refractivity contribution in [2.24, 2.45) is 4.99 Å². The van der Waals surface area contributed by atoms with E-state index in [2.05, 4.69) is 10.4 Å². The van der Waals surface area contributed by atoms with Crippen molar-refractivity contribution in [3.63, 3.8) is 0 Å². The molecule has 1 aromatic rings. The molecule has 1 aromatic carbocycles. The van der Waals surface area contributed by atoms with Crippen LogP contribution in [0.4, 0.5) is 5.69 Å². The van der Waals surface area contributed by atoms with E-state index in [-0.39, 0.29) is 11.2 Å². The van der Waals surface area contributed by atoms with E-state index >= 15 is 0 Å². The molecule has 3 rings (SSSR count). The van der Waals surface area contributed by atoms with Crippen molar-refractivity contribution in [3.8, 4) is 0 Å². The summed E-state index contributed by atoms with van der Waals surface area (Å²) in [6, 6.07) is 8.02. The Bertz CT molecular complexity index is 486. The summed E-state index contributed by atoms with van der Waals surface area (Å²) in [6.07, 6.45) is 0.502. The van der Waals surface area contributed by atoms with Gasteiger partial charge in [-0.15, -0.1) is 11.8 Å². The molecule has 16 heavy (non-hydrogen) atoms. The van der Waals surface area contributed by atoms with Gasteiger partial charge in [-0.25, -0.2) is 4.99 Å². The Kier molecular flexibility index (Phi) is 2.14. The second kappa shape index (κ2) is 3.52. The van der Waals surface area contributed by atoms with Crippen LogP contribution in [-0.2, 0) is 4.79 Å². The number of hydrazine groups is 1. The van der Waals surface area contributed by atoms with Crippen molar-refractivity contribution in [3.05, 3.63) is 24.3 Å². The van der Waals surface area contributed by atoms with Gasteiger partial charge in [-0.05, 0) is 12.1 Å². The SMILES string of the molecule is CN1NC(=O)C[C@H]2Sc3ccccc3N=C21. The summed E-state index contributed by atoms with van der Waals surface area (Å²) >= 11 is 1.72. The van der Waals surface area contributed by atoms with E-state index in [0.29, 0.717) is 6.42 Å². The summed E-state index contributed by atoms with van der Waals surface area (Å²) in [5.41, 5.74) is 3.75. The van der Waals surface area contributed by atoms with Gasteiger partial charge in [0.15, 0.2) is 0 Å². The molecule has 0 saturated carbocycles. The number of nitrogens with zero attached hydrogens (tertiary/aromatic N) is 2. The Balaban J connectivity index is 2.04. The van der Waals surface area contributed by atoms with Crippen LogP contribution in [-0.4, -0.2) is 29.0 Å². The second-order valence-corrected chi connectivity index (χ2v) is 5.09. The highest BCUT2D eigenvalue weighted by Gasteiger charge is 2.33. The van der Waals surface area contributed by atoms with Gasteiger partial charge < -0.3 is 0 Å². The van der Waals surface area contributed by atoms with Crippen molar-refractivity contribution in [2.75, 3.05) is 7.05 Å². The number of fused-ring (bicyclic) bond motifs is 2. The van der Waals surface area contributed by atoms with E-state index in [4.69, 9.17) is 0 Å². The number of para-hydroxylation sites is 1. The Morgan fingerprint density at radius 2 is 2.31 bits per heavy atom. The van der Waals surface area contributed by atoms with Gasteiger partial charge in [0.05, 0.1) is 10.9 Å². The summed E-state index contributed by atoms with van der Waals surface area (Å²) in [6.45, 7) is 0. The van der Waals surface area contributed by atoms with Crippen LogP contribution < -0.4 is 5.43 Å². The molecule has 5 heteroatoms. The minimum absolute atomic E-state index is 0.0540. The highest BCUT2D eigenvalue weighted by atomic mass is 32.2. The number of amidine groups is 1. The highest BCUT2D eigenvalue weighted by Crippen LogP contribution is 2.39. The fourth-order valence-corrected chi connectivity index (χ4v) is 3.18. The molecule has 4 nitrogen and oxygen atoms in total. The molecule has 0 aromatic heterocycles. The normalized spacial score (nSPS) is 23.1. The zero-order chi connectivity index (χ0) is 11.1. The lowest BCUT2D eigenvalue weighted by atomic mass is 10.2. The predicted octanol–water partition coefficient (Wildman–Crippen LogP) is 1.56. The number of carbonyl (C=O) groups is 1. The zero-order valence-electron chi connectivity index (χ0n) is 8.80. The van der Waals surface area contributed by atoms with Crippen LogP contribution in [0.25, 0.3) is 0 Å². The summed E-state index contributed by atoms with van der Waals surface area (Å²) in [4.78, 5) is 17.2. The van der Waals surface area contributed by atoms with Crippen LogP contribution >= 0.6 is 11.8 Å². The zero-order valence-corrected chi connectivity index (χ0v) is 9.62. The average Bonchev–Trinajstić information content (AvgIpc) is 2.27. The maximum Gasteiger partial charge on any atom is 0.240 e. The Labute approximate surface area is 97.7 Å². The van der Waals surface area contributed by atoms with Crippen molar-refractivity contribution < 1.29 is 4.79 Å². The van der Waals surface area contributed by atoms with Gasteiger partial charge in [-0.2, -0.15) is 0 Å². The molecule has 1 N–H and O–H groups in total. The summed E-state index contributed by atoms with van der Waals surface area (Å²) in [5, 5.41) is 1.87. The molecule has 0 spiro atoms. The van der Waals surface area contributed by atoms with E-state index in [9.17, 15) is 4.79 Å². The van der Waals surface area contributed by atoms with Crippen LogP contribution in [0.15, 0.2) is 34.2 Å². The molecule has 2 aliphatic rings. The maximum atomic E-state index is 11.4.